The maximum Gasteiger partial charge on any atom is 0.295 e. The number of nitrogens with zero attached hydrogens (tertiary/aromatic N) is 1. The summed E-state index contributed by atoms with van der Waals surface area (Å²) < 4.78 is 5.72. The third kappa shape index (κ3) is 5.17. The summed E-state index contributed by atoms with van der Waals surface area (Å²) in [5.74, 6) is -0.858. The standard InChI is InChI=1S/C28H35NO5/c1-6-13-29-24(19-9-7-10-21(16-19)34-15-8-14-30)23(26(32)27(29)33)25(31)22-17-20(28(3,4)5)12-11-18(22)2/h7,9-12,16-17,24,30-31H,6,8,13-15H2,1-5H3/b25-23+. The minimum absolute atomic E-state index is 0.0311. The number of aliphatic hydroxyl groups is 2. The first-order valence-electron chi connectivity index (χ1n) is 11.8. The van der Waals surface area contributed by atoms with Crippen molar-refractivity contribution in [1.29, 1.82) is 0 Å². The number of carbonyl (C=O) groups excluding carboxylic acids is 2. The summed E-state index contributed by atoms with van der Waals surface area (Å²) >= 11 is 0. The molecular formula is C28H35NO5. The van der Waals surface area contributed by atoms with Crippen LogP contribution in [0.25, 0.3) is 5.76 Å². The highest BCUT2D eigenvalue weighted by Gasteiger charge is 2.46. The molecule has 6 nitrogen and oxygen atoms in total. The van der Waals surface area contributed by atoms with Crippen molar-refractivity contribution in [3.05, 3.63) is 70.3 Å². The molecule has 0 aliphatic carbocycles. The smallest absolute Gasteiger partial charge is 0.295 e. The molecule has 0 radical (unpaired) electrons. The number of Topliss-reactive ketones (excluding diaryl/α,β-unsaturated/α-hetero) is 1. The number of rotatable bonds is 8. The van der Waals surface area contributed by atoms with Crippen LogP contribution in [0, 0.1) is 6.92 Å². The van der Waals surface area contributed by atoms with E-state index in [1.807, 2.05) is 38.1 Å². The molecule has 0 bridgehead atoms. The Morgan fingerprint density at radius 1 is 1.12 bits per heavy atom. The molecule has 1 saturated heterocycles. The Morgan fingerprint density at radius 2 is 1.85 bits per heavy atom. The van der Waals surface area contributed by atoms with E-state index in [0.717, 1.165) is 11.1 Å². The van der Waals surface area contributed by atoms with Crippen LogP contribution in [-0.2, 0) is 15.0 Å². The molecule has 2 N–H and O–H groups in total. The number of benzene rings is 2. The molecule has 2 aromatic rings. The molecule has 1 aliphatic rings. The van der Waals surface area contributed by atoms with Gasteiger partial charge in [0, 0.05) is 25.1 Å². The number of likely N-dealkylation sites (tertiary alicyclic amines) is 1. The predicted octanol–water partition coefficient (Wildman–Crippen LogP) is 4.89. The average Bonchev–Trinajstić information content (AvgIpc) is 3.04. The van der Waals surface area contributed by atoms with Gasteiger partial charge in [-0.25, -0.2) is 0 Å². The number of carbonyl (C=O) groups is 2. The van der Waals surface area contributed by atoms with Crippen molar-refractivity contribution >= 4 is 17.4 Å². The molecule has 182 valence electrons. The summed E-state index contributed by atoms with van der Waals surface area (Å²) in [7, 11) is 0. The second kappa shape index (κ2) is 10.4. The van der Waals surface area contributed by atoms with Crippen LogP contribution in [0.2, 0.25) is 0 Å². The Morgan fingerprint density at radius 3 is 2.50 bits per heavy atom. The van der Waals surface area contributed by atoms with E-state index in [2.05, 4.69) is 20.8 Å². The van der Waals surface area contributed by atoms with Gasteiger partial charge in [-0.05, 0) is 53.6 Å². The third-order valence-corrected chi connectivity index (χ3v) is 6.11. The summed E-state index contributed by atoms with van der Waals surface area (Å²) in [6.45, 7) is 10.9. The molecule has 1 heterocycles. The van der Waals surface area contributed by atoms with Crippen molar-refractivity contribution in [2.75, 3.05) is 19.8 Å². The fourth-order valence-electron chi connectivity index (χ4n) is 4.22. The van der Waals surface area contributed by atoms with Crippen LogP contribution in [0.1, 0.15) is 68.8 Å². The predicted molar refractivity (Wildman–Crippen MR) is 133 cm³/mol. The van der Waals surface area contributed by atoms with Crippen LogP contribution in [0.15, 0.2) is 48.0 Å². The number of amides is 1. The van der Waals surface area contributed by atoms with E-state index in [-0.39, 0.29) is 23.4 Å². The number of aliphatic hydroxyl groups excluding tert-OH is 2. The minimum Gasteiger partial charge on any atom is -0.507 e. The van der Waals surface area contributed by atoms with Crippen molar-refractivity contribution in [2.24, 2.45) is 0 Å². The maximum absolute atomic E-state index is 13.2. The zero-order chi connectivity index (χ0) is 25.0. The monoisotopic (exact) mass is 465 g/mol. The van der Waals surface area contributed by atoms with Crippen molar-refractivity contribution < 1.29 is 24.5 Å². The molecular weight excluding hydrogens is 430 g/mol. The Kier molecular flexibility index (Phi) is 7.82. The summed E-state index contributed by atoms with van der Waals surface area (Å²) in [5, 5.41) is 20.5. The molecule has 0 aromatic heterocycles. The lowest BCUT2D eigenvalue weighted by atomic mass is 9.84. The van der Waals surface area contributed by atoms with Gasteiger partial charge in [-0.15, -0.1) is 0 Å². The SMILES string of the molecule is CCCN1C(=O)C(=O)/C(=C(/O)c2cc(C(C)(C)C)ccc2C)C1c1cccc(OCCCO)c1. The first-order valence-corrected chi connectivity index (χ1v) is 11.8. The number of hydrogen-bond acceptors (Lipinski definition) is 5. The zero-order valence-electron chi connectivity index (χ0n) is 20.7. The summed E-state index contributed by atoms with van der Waals surface area (Å²) in [4.78, 5) is 27.7. The molecule has 6 heteroatoms. The molecule has 3 rings (SSSR count). The second-order valence-electron chi connectivity index (χ2n) is 9.77. The van der Waals surface area contributed by atoms with Crippen molar-refractivity contribution in [1.82, 2.24) is 4.90 Å². The first-order chi connectivity index (χ1) is 16.1. The van der Waals surface area contributed by atoms with Gasteiger partial charge in [0.05, 0.1) is 18.2 Å². The molecule has 1 amide bonds. The van der Waals surface area contributed by atoms with E-state index >= 15 is 0 Å². The van der Waals surface area contributed by atoms with Gasteiger partial charge in [0.15, 0.2) is 0 Å². The van der Waals surface area contributed by atoms with Crippen molar-refractivity contribution in [2.45, 2.75) is 58.9 Å². The van der Waals surface area contributed by atoms with Crippen molar-refractivity contribution in [3.63, 3.8) is 0 Å². The van der Waals surface area contributed by atoms with Gasteiger partial charge >= 0.3 is 0 Å². The molecule has 0 spiro atoms. The van der Waals surface area contributed by atoms with Crippen LogP contribution in [-0.4, -0.2) is 46.6 Å². The lowest BCUT2D eigenvalue weighted by Crippen LogP contribution is -2.30. The van der Waals surface area contributed by atoms with E-state index in [1.165, 1.54) is 4.90 Å². The lowest BCUT2D eigenvalue weighted by molar-refractivity contribution is -0.139. The molecule has 34 heavy (non-hydrogen) atoms. The molecule has 1 fully saturated rings. The van der Waals surface area contributed by atoms with E-state index in [9.17, 15) is 14.7 Å². The maximum atomic E-state index is 13.2. The van der Waals surface area contributed by atoms with Crippen LogP contribution >= 0.6 is 0 Å². The normalized spacial score (nSPS) is 17.9. The summed E-state index contributed by atoms with van der Waals surface area (Å²) in [6, 6.07) is 12.4. The largest absolute Gasteiger partial charge is 0.507 e. The fourth-order valence-corrected chi connectivity index (χ4v) is 4.22. The number of aryl methyl sites for hydroxylation is 1. The quantitative estimate of drug-likeness (QED) is 0.251. The molecule has 0 saturated carbocycles. The minimum atomic E-state index is -0.709. The van der Waals surface area contributed by atoms with Gasteiger partial charge in [0.1, 0.15) is 11.5 Å². The topological polar surface area (TPSA) is 87.1 Å². The van der Waals surface area contributed by atoms with Crippen LogP contribution in [0.3, 0.4) is 0 Å². The number of ether oxygens (including phenoxy) is 1. The highest BCUT2D eigenvalue weighted by molar-refractivity contribution is 6.46. The van der Waals surface area contributed by atoms with Gasteiger partial charge in [0.25, 0.3) is 11.7 Å². The van der Waals surface area contributed by atoms with Crippen LogP contribution in [0.4, 0.5) is 0 Å². The van der Waals surface area contributed by atoms with Crippen LogP contribution < -0.4 is 4.74 Å². The Balaban J connectivity index is 2.17. The van der Waals surface area contributed by atoms with Gasteiger partial charge < -0.3 is 19.8 Å². The van der Waals surface area contributed by atoms with E-state index in [4.69, 9.17) is 9.84 Å². The number of hydrogen-bond donors (Lipinski definition) is 2. The Bertz CT molecular complexity index is 1100. The van der Waals surface area contributed by atoms with Crippen LogP contribution in [0.5, 0.6) is 5.75 Å². The highest BCUT2D eigenvalue weighted by atomic mass is 16.5. The van der Waals surface area contributed by atoms with E-state index in [1.54, 1.807) is 18.2 Å². The summed E-state index contributed by atoms with van der Waals surface area (Å²) in [5.41, 5.74) is 3.06. The molecule has 1 aliphatic heterocycles. The third-order valence-electron chi connectivity index (χ3n) is 6.11. The first kappa shape index (κ1) is 25.5. The average molecular weight is 466 g/mol. The fraction of sp³-hybridized carbons (Fsp3) is 0.429. The zero-order valence-corrected chi connectivity index (χ0v) is 20.7. The summed E-state index contributed by atoms with van der Waals surface area (Å²) in [6.07, 6.45) is 1.18. The highest BCUT2D eigenvalue weighted by Crippen LogP contribution is 2.41. The Hall–Kier alpha value is -3.12. The number of ketones is 1. The van der Waals surface area contributed by atoms with Gasteiger partial charge in [-0.2, -0.15) is 0 Å². The molecule has 1 unspecified atom stereocenters. The Labute approximate surface area is 201 Å². The van der Waals surface area contributed by atoms with E-state index in [0.29, 0.717) is 42.9 Å². The second-order valence-corrected chi connectivity index (χ2v) is 9.77. The lowest BCUT2D eigenvalue weighted by Gasteiger charge is -2.26. The van der Waals surface area contributed by atoms with Gasteiger partial charge in [0.2, 0.25) is 0 Å². The van der Waals surface area contributed by atoms with Crippen molar-refractivity contribution in [3.8, 4) is 5.75 Å². The van der Waals surface area contributed by atoms with E-state index < -0.39 is 17.7 Å². The van der Waals surface area contributed by atoms with Gasteiger partial charge in [-0.3, -0.25) is 9.59 Å². The molecule has 2 aromatic carbocycles. The van der Waals surface area contributed by atoms with Gasteiger partial charge in [-0.1, -0.05) is 52.0 Å². The molecule has 1 atom stereocenters.